The summed E-state index contributed by atoms with van der Waals surface area (Å²) in [5, 5.41) is -0.0816. The molecule has 0 unspecified atom stereocenters. The highest BCUT2D eigenvalue weighted by molar-refractivity contribution is 9.10. The van der Waals surface area contributed by atoms with Crippen LogP contribution in [0.2, 0.25) is 5.15 Å². The molecule has 0 spiro atoms. The molecule has 0 bridgehead atoms. The number of aromatic nitrogens is 1. The maximum atomic E-state index is 12.5. The van der Waals surface area contributed by atoms with Gasteiger partial charge in [-0.25, -0.2) is 22.9 Å². The lowest BCUT2D eigenvalue weighted by Crippen LogP contribution is -2.47. The molecule has 25 heavy (non-hydrogen) atoms. The van der Waals surface area contributed by atoms with Crippen LogP contribution in [0.3, 0.4) is 0 Å². The van der Waals surface area contributed by atoms with Crippen LogP contribution in [0.25, 0.3) is 0 Å². The quantitative estimate of drug-likeness (QED) is 0.709. The average Bonchev–Trinajstić information content (AvgIpc) is 2.48. The van der Waals surface area contributed by atoms with Gasteiger partial charge in [0.2, 0.25) is 10.0 Å². The van der Waals surface area contributed by atoms with Crippen molar-refractivity contribution in [2.75, 3.05) is 13.1 Å². The lowest BCUT2D eigenvalue weighted by molar-refractivity contribution is 0.0203. The predicted molar refractivity (Wildman–Crippen MR) is 98.1 cm³/mol. The van der Waals surface area contributed by atoms with Crippen LogP contribution in [-0.2, 0) is 14.8 Å². The molecule has 1 fully saturated rings. The molecule has 0 aliphatic carbocycles. The van der Waals surface area contributed by atoms with E-state index in [0.717, 1.165) is 0 Å². The zero-order chi connectivity index (χ0) is 18.8. The van der Waals surface area contributed by atoms with E-state index in [1.54, 1.807) is 4.90 Å². The van der Waals surface area contributed by atoms with Crippen molar-refractivity contribution in [1.29, 1.82) is 0 Å². The summed E-state index contributed by atoms with van der Waals surface area (Å²) in [5.74, 6) is 0. The molecule has 0 saturated carbocycles. The van der Waals surface area contributed by atoms with Crippen molar-refractivity contribution < 1.29 is 17.9 Å². The van der Waals surface area contributed by atoms with Crippen molar-refractivity contribution in [3.63, 3.8) is 0 Å². The number of likely N-dealkylation sites (tertiary alicyclic amines) is 1. The molecule has 0 aromatic carbocycles. The second kappa shape index (κ2) is 7.77. The number of sulfonamides is 1. The molecular formula is C15H21BrClN3O4S. The lowest BCUT2D eigenvalue weighted by Gasteiger charge is -2.33. The van der Waals surface area contributed by atoms with Crippen molar-refractivity contribution in [2.45, 2.75) is 50.2 Å². The molecule has 0 radical (unpaired) electrons. The van der Waals surface area contributed by atoms with Gasteiger partial charge < -0.3 is 9.64 Å². The first kappa shape index (κ1) is 20.4. The summed E-state index contributed by atoms with van der Waals surface area (Å²) in [6.45, 7) is 6.27. The van der Waals surface area contributed by atoms with Gasteiger partial charge in [-0.1, -0.05) is 11.6 Å². The van der Waals surface area contributed by atoms with Gasteiger partial charge >= 0.3 is 6.09 Å². The number of pyridine rings is 1. The van der Waals surface area contributed by atoms with Gasteiger partial charge in [0.05, 0.1) is 0 Å². The first-order valence-corrected chi connectivity index (χ1v) is 10.4. The van der Waals surface area contributed by atoms with E-state index in [0.29, 0.717) is 30.4 Å². The number of nitrogens with zero attached hydrogens (tertiary/aromatic N) is 2. The zero-order valence-corrected chi connectivity index (χ0v) is 17.4. The SMILES string of the molecule is CC(C)(C)OC(=O)N1CCC(NS(=O)(=O)c2cc(Br)cnc2Cl)CC1. The standard InChI is InChI=1S/C15H21BrClN3O4S/c1-15(2,3)24-14(21)20-6-4-11(5-7-20)19-25(22,23)12-8-10(16)9-18-13(12)17/h8-9,11,19H,4-7H2,1-3H3. The molecule has 1 aliphatic rings. The summed E-state index contributed by atoms with van der Waals surface area (Å²) in [6.07, 6.45) is 2.04. The van der Waals surface area contributed by atoms with Crippen molar-refractivity contribution in [3.05, 3.63) is 21.9 Å². The highest BCUT2D eigenvalue weighted by Gasteiger charge is 2.30. The minimum absolute atomic E-state index is 0.0712. The number of carbonyl (C=O) groups is 1. The van der Waals surface area contributed by atoms with Crippen molar-refractivity contribution in [3.8, 4) is 0 Å². The summed E-state index contributed by atoms with van der Waals surface area (Å²) >= 11 is 9.09. The Morgan fingerprint density at radius 3 is 2.56 bits per heavy atom. The van der Waals surface area contributed by atoms with Crippen LogP contribution in [0, 0.1) is 0 Å². The molecule has 1 amide bonds. The van der Waals surface area contributed by atoms with Gasteiger partial charge in [-0.15, -0.1) is 0 Å². The number of ether oxygens (including phenoxy) is 1. The van der Waals surface area contributed by atoms with Gasteiger partial charge in [-0.05, 0) is 55.6 Å². The fourth-order valence-electron chi connectivity index (χ4n) is 2.38. The van der Waals surface area contributed by atoms with E-state index in [4.69, 9.17) is 16.3 Å². The minimum Gasteiger partial charge on any atom is -0.444 e. The molecule has 10 heteroatoms. The molecule has 2 heterocycles. The van der Waals surface area contributed by atoms with E-state index in [-0.39, 0.29) is 22.2 Å². The fraction of sp³-hybridized carbons (Fsp3) is 0.600. The molecule has 1 aromatic heterocycles. The first-order valence-electron chi connectivity index (χ1n) is 7.79. The molecule has 1 aliphatic heterocycles. The topological polar surface area (TPSA) is 88.6 Å². The Balaban J connectivity index is 1.97. The van der Waals surface area contributed by atoms with E-state index in [2.05, 4.69) is 25.6 Å². The summed E-state index contributed by atoms with van der Waals surface area (Å²) < 4.78 is 33.5. The number of amides is 1. The number of halogens is 2. The van der Waals surface area contributed by atoms with Crippen LogP contribution in [0.4, 0.5) is 4.79 Å². The third-order valence-corrected chi connectivity index (χ3v) is 5.91. The van der Waals surface area contributed by atoms with E-state index in [1.807, 2.05) is 20.8 Å². The Hall–Kier alpha value is -0.900. The molecule has 1 saturated heterocycles. The van der Waals surface area contributed by atoms with Crippen LogP contribution in [0.1, 0.15) is 33.6 Å². The normalized spacial score (nSPS) is 16.8. The molecule has 2 rings (SSSR count). The lowest BCUT2D eigenvalue weighted by atomic mass is 10.1. The Labute approximate surface area is 161 Å². The number of nitrogens with one attached hydrogen (secondary N) is 1. The summed E-state index contributed by atoms with van der Waals surface area (Å²) in [5.41, 5.74) is -0.556. The van der Waals surface area contributed by atoms with Gasteiger partial charge in [0.25, 0.3) is 0 Å². The fourth-order valence-corrected chi connectivity index (χ4v) is 4.63. The second-order valence-electron chi connectivity index (χ2n) is 6.81. The van der Waals surface area contributed by atoms with Gasteiger partial charge in [0.15, 0.2) is 0 Å². The highest BCUT2D eigenvalue weighted by Crippen LogP contribution is 2.24. The van der Waals surface area contributed by atoms with Crippen LogP contribution >= 0.6 is 27.5 Å². The van der Waals surface area contributed by atoms with E-state index < -0.39 is 15.6 Å². The monoisotopic (exact) mass is 453 g/mol. The van der Waals surface area contributed by atoms with Crippen LogP contribution < -0.4 is 4.72 Å². The van der Waals surface area contributed by atoms with E-state index in [1.165, 1.54) is 12.3 Å². The molecule has 140 valence electrons. The summed E-state index contributed by atoms with van der Waals surface area (Å²) in [7, 11) is -3.79. The number of carbonyl (C=O) groups excluding carboxylic acids is 1. The zero-order valence-electron chi connectivity index (χ0n) is 14.3. The van der Waals surface area contributed by atoms with Crippen molar-refractivity contribution >= 4 is 43.6 Å². The smallest absolute Gasteiger partial charge is 0.410 e. The molecular weight excluding hydrogens is 434 g/mol. The average molecular weight is 455 g/mol. The molecule has 7 nitrogen and oxygen atoms in total. The number of piperidine rings is 1. The number of rotatable bonds is 3. The number of hydrogen-bond donors (Lipinski definition) is 1. The minimum atomic E-state index is -3.79. The van der Waals surface area contributed by atoms with Gasteiger partial charge in [0.1, 0.15) is 15.6 Å². The summed E-state index contributed by atoms with van der Waals surface area (Å²) in [6, 6.07) is 1.13. The third-order valence-electron chi connectivity index (χ3n) is 3.53. The largest absolute Gasteiger partial charge is 0.444 e. The Morgan fingerprint density at radius 1 is 1.40 bits per heavy atom. The highest BCUT2D eigenvalue weighted by atomic mass is 79.9. The van der Waals surface area contributed by atoms with Crippen LogP contribution in [-0.4, -0.2) is 49.1 Å². The maximum absolute atomic E-state index is 12.5. The van der Waals surface area contributed by atoms with Gasteiger partial charge in [0, 0.05) is 29.8 Å². The van der Waals surface area contributed by atoms with Gasteiger partial charge in [-0.2, -0.15) is 0 Å². The van der Waals surface area contributed by atoms with Crippen LogP contribution in [0.15, 0.2) is 21.6 Å². The maximum Gasteiger partial charge on any atom is 0.410 e. The van der Waals surface area contributed by atoms with Crippen molar-refractivity contribution in [2.24, 2.45) is 0 Å². The summed E-state index contributed by atoms with van der Waals surface area (Å²) in [4.78, 5) is 17.4. The molecule has 1 aromatic rings. The van der Waals surface area contributed by atoms with Crippen molar-refractivity contribution in [1.82, 2.24) is 14.6 Å². The second-order valence-corrected chi connectivity index (χ2v) is 9.76. The Kier molecular flexibility index (Phi) is 6.35. The molecule has 1 N–H and O–H groups in total. The number of hydrogen-bond acceptors (Lipinski definition) is 5. The van der Waals surface area contributed by atoms with E-state index >= 15 is 0 Å². The Bertz CT molecular complexity index is 744. The molecule has 0 atom stereocenters. The first-order chi connectivity index (χ1) is 11.5. The van der Waals surface area contributed by atoms with Crippen LogP contribution in [0.5, 0.6) is 0 Å². The Morgan fingerprint density at radius 2 is 2.00 bits per heavy atom. The third kappa shape index (κ3) is 5.80. The predicted octanol–water partition coefficient (Wildman–Crippen LogP) is 3.18. The van der Waals surface area contributed by atoms with Gasteiger partial charge in [-0.3, -0.25) is 0 Å². The van der Waals surface area contributed by atoms with E-state index in [9.17, 15) is 13.2 Å².